The molecule has 2 aliphatic rings. The Bertz CT molecular complexity index is 284. The van der Waals surface area contributed by atoms with E-state index in [0.29, 0.717) is 18.6 Å². The first-order chi connectivity index (χ1) is 9.63. The first kappa shape index (κ1) is 16.3. The van der Waals surface area contributed by atoms with Crippen LogP contribution in [0.5, 0.6) is 0 Å². The Morgan fingerprint density at radius 2 is 2.05 bits per heavy atom. The molecule has 1 saturated carbocycles. The van der Waals surface area contributed by atoms with Crippen LogP contribution in [0, 0.1) is 23.7 Å². The number of hydrogen-bond acceptors (Lipinski definition) is 3. The summed E-state index contributed by atoms with van der Waals surface area (Å²) in [6.45, 7) is 12.1. The van der Waals surface area contributed by atoms with Crippen molar-refractivity contribution in [2.45, 2.75) is 52.5 Å². The van der Waals surface area contributed by atoms with E-state index >= 15 is 0 Å². The summed E-state index contributed by atoms with van der Waals surface area (Å²) in [6.07, 6.45) is 5.18. The fourth-order valence-corrected chi connectivity index (χ4v) is 4.48. The van der Waals surface area contributed by atoms with Crippen molar-refractivity contribution in [3.8, 4) is 0 Å². The maximum atomic E-state index is 9.40. The van der Waals surface area contributed by atoms with Gasteiger partial charge in [0, 0.05) is 25.7 Å². The molecule has 20 heavy (non-hydrogen) atoms. The van der Waals surface area contributed by atoms with Crippen molar-refractivity contribution in [1.29, 1.82) is 0 Å². The molecule has 118 valence electrons. The molecule has 5 unspecified atom stereocenters. The highest BCUT2D eigenvalue weighted by Gasteiger charge is 2.35. The van der Waals surface area contributed by atoms with Crippen molar-refractivity contribution in [3.05, 3.63) is 0 Å². The summed E-state index contributed by atoms with van der Waals surface area (Å²) < 4.78 is 0. The van der Waals surface area contributed by atoms with Crippen molar-refractivity contribution in [1.82, 2.24) is 10.2 Å². The van der Waals surface area contributed by atoms with Crippen LogP contribution >= 0.6 is 0 Å². The van der Waals surface area contributed by atoms with Crippen LogP contribution in [0.15, 0.2) is 0 Å². The predicted molar refractivity (Wildman–Crippen MR) is 84.8 cm³/mol. The van der Waals surface area contributed by atoms with Gasteiger partial charge in [-0.05, 0) is 62.4 Å². The summed E-state index contributed by atoms with van der Waals surface area (Å²) >= 11 is 0. The predicted octanol–water partition coefficient (Wildman–Crippen LogP) is 2.35. The third-order valence-corrected chi connectivity index (χ3v) is 5.47. The van der Waals surface area contributed by atoms with Crippen LogP contribution in [0.4, 0.5) is 0 Å². The molecule has 1 aliphatic carbocycles. The van der Waals surface area contributed by atoms with Gasteiger partial charge < -0.3 is 15.3 Å². The van der Waals surface area contributed by atoms with Crippen molar-refractivity contribution < 1.29 is 5.11 Å². The molecule has 3 heteroatoms. The molecule has 0 aromatic rings. The SMILES string of the molecule is CCNC1CC(C)CC(C)C1CN1CCCC(CO)C1. The van der Waals surface area contributed by atoms with E-state index in [0.717, 1.165) is 30.8 Å². The van der Waals surface area contributed by atoms with Crippen molar-refractivity contribution in [2.75, 3.05) is 32.8 Å². The monoisotopic (exact) mass is 282 g/mol. The Hall–Kier alpha value is -0.120. The Kier molecular flexibility index (Phi) is 6.31. The molecule has 2 N–H and O–H groups in total. The van der Waals surface area contributed by atoms with Gasteiger partial charge in [0.1, 0.15) is 0 Å². The van der Waals surface area contributed by atoms with E-state index in [4.69, 9.17) is 0 Å². The first-order valence-electron chi connectivity index (χ1n) is 8.70. The van der Waals surface area contributed by atoms with Crippen LogP contribution in [0.2, 0.25) is 0 Å². The summed E-state index contributed by atoms with van der Waals surface area (Å²) in [6, 6.07) is 0.688. The van der Waals surface area contributed by atoms with E-state index in [1.54, 1.807) is 0 Å². The lowest BCUT2D eigenvalue weighted by molar-refractivity contribution is 0.0645. The maximum absolute atomic E-state index is 9.40. The zero-order valence-corrected chi connectivity index (χ0v) is 13.6. The lowest BCUT2D eigenvalue weighted by atomic mass is 9.72. The number of aliphatic hydroxyl groups is 1. The molecule has 0 amide bonds. The van der Waals surface area contributed by atoms with Gasteiger partial charge in [0.25, 0.3) is 0 Å². The fourth-order valence-electron chi connectivity index (χ4n) is 4.48. The summed E-state index contributed by atoms with van der Waals surface area (Å²) in [5, 5.41) is 13.1. The third kappa shape index (κ3) is 4.19. The quantitative estimate of drug-likeness (QED) is 0.812. The molecule has 1 saturated heterocycles. The van der Waals surface area contributed by atoms with E-state index in [1.807, 2.05) is 0 Å². The minimum atomic E-state index is 0.365. The fraction of sp³-hybridized carbons (Fsp3) is 1.00. The zero-order valence-electron chi connectivity index (χ0n) is 13.6. The summed E-state index contributed by atoms with van der Waals surface area (Å²) in [5.41, 5.74) is 0. The minimum Gasteiger partial charge on any atom is -0.396 e. The highest BCUT2D eigenvalue weighted by atomic mass is 16.3. The normalized spacial score (nSPS) is 39.9. The lowest BCUT2D eigenvalue weighted by Gasteiger charge is -2.44. The van der Waals surface area contributed by atoms with Crippen molar-refractivity contribution >= 4 is 0 Å². The second kappa shape index (κ2) is 7.77. The topological polar surface area (TPSA) is 35.5 Å². The Labute approximate surface area is 125 Å². The second-order valence-corrected chi connectivity index (χ2v) is 7.33. The third-order valence-electron chi connectivity index (χ3n) is 5.47. The van der Waals surface area contributed by atoms with Crippen LogP contribution in [0.25, 0.3) is 0 Å². The van der Waals surface area contributed by atoms with Gasteiger partial charge in [-0.1, -0.05) is 20.8 Å². The van der Waals surface area contributed by atoms with Crippen LogP contribution in [0.1, 0.15) is 46.5 Å². The van der Waals surface area contributed by atoms with Gasteiger partial charge in [-0.2, -0.15) is 0 Å². The molecule has 0 aromatic heterocycles. The summed E-state index contributed by atoms with van der Waals surface area (Å²) in [7, 11) is 0. The van der Waals surface area contributed by atoms with Gasteiger partial charge >= 0.3 is 0 Å². The largest absolute Gasteiger partial charge is 0.396 e. The Morgan fingerprint density at radius 1 is 1.25 bits per heavy atom. The van der Waals surface area contributed by atoms with Gasteiger partial charge in [-0.3, -0.25) is 0 Å². The highest BCUT2D eigenvalue weighted by Crippen LogP contribution is 2.35. The molecular weight excluding hydrogens is 248 g/mol. The van der Waals surface area contributed by atoms with E-state index in [1.165, 1.54) is 38.8 Å². The van der Waals surface area contributed by atoms with Gasteiger partial charge in [-0.15, -0.1) is 0 Å². The number of rotatable bonds is 5. The number of likely N-dealkylation sites (tertiary alicyclic amines) is 1. The average Bonchev–Trinajstić information content (AvgIpc) is 2.43. The van der Waals surface area contributed by atoms with Gasteiger partial charge in [-0.25, -0.2) is 0 Å². The van der Waals surface area contributed by atoms with Gasteiger partial charge in [0.05, 0.1) is 0 Å². The Morgan fingerprint density at radius 3 is 2.75 bits per heavy atom. The molecule has 1 aliphatic heterocycles. The number of nitrogens with one attached hydrogen (secondary N) is 1. The maximum Gasteiger partial charge on any atom is 0.0471 e. The molecular formula is C17H34N2O. The number of nitrogens with zero attached hydrogens (tertiary/aromatic N) is 1. The van der Waals surface area contributed by atoms with E-state index in [9.17, 15) is 5.11 Å². The van der Waals surface area contributed by atoms with E-state index in [2.05, 4.69) is 31.0 Å². The molecule has 1 heterocycles. The summed E-state index contributed by atoms with van der Waals surface area (Å²) in [4.78, 5) is 2.62. The smallest absolute Gasteiger partial charge is 0.0471 e. The second-order valence-electron chi connectivity index (χ2n) is 7.33. The van der Waals surface area contributed by atoms with E-state index < -0.39 is 0 Å². The van der Waals surface area contributed by atoms with Crippen LogP contribution in [0.3, 0.4) is 0 Å². The Balaban J connectivity index is 1.93. The highest BCUT2D eigenvalue weighted by molar-refractivity contribution is 4.90. The van der Waals surface area contributed by atoms with Crippen LogP contribution < -0.4 is 5.32 Å². The number of piperidine rings is 1. The molecule has 2 rings (SSSR count). The van der Waals surface area contributed by atoms with Gasteiger partial charge in [0.15, 0.2) is 0 Å². The zero-order chi connectivity index (χ0) is 14.5. The number of aliphatic hydroxyl groups excluding tert-OH is 1. The summed E-state index contributed by atoms with van der Waals surface area (Å²) in [5.74, 6) is 2.97. The molecule has 2 fully saturated rings. The average molecular weight is 282 g/mol. The van der Waals surface area contributed by atoms with Crippen LogP contribution in [-0.4, -0.2) is 48.8 Å². The lowest BCUT2D eigenvalue weighted by Crippen LogP contribution is -2.50. The van der Waals surface area contributed by atoms with Gasteiger partial charge in [0.2, 0.25) is 0 Å². The molecule has 0 bridgehead atoms. The minimum absolute atomic E-state index is 0.365. The van der Waals surface area contributed by atoms with Crippen molar-refractivity contribution in [2.24, 2.45) is 23.7 Å². The molecule has 0 spiro atoms. The molecule has 0 radical (unpaired) electrons. The molecule has 3 nitrogen and oxygen atoms in total. The van der Waals surface area contributed by atoms with E-state index in [-0.39, 0.29) is 0 Å². The van der Waals surface area contributed by atoms with Crippen LogP contribution in [-0.2, 0) is 0 Å². The standard InChI is InChI=1S/C17H34N2O/c1-4-18-17-9-13(2)8-14(3)16(17)11-19-7-5-6-15(10-19)12-20/h13-18,20H,4-12H2,1-3H3. The van der Waals surface area contributed by atoms with Crippen molar-refractivity contribution in [3.63, 3.8) is 0 Å². The number of hydrogen-bond donors (Lipinski definition) is 2. The molecule has 5 atom stereocenters. The first-order valence-corrected chi connectivity index (χ1v) is 8.70. The molecule has 0 aromatic carbocycles.